The second kappa shape index (κ2) is 8.35. The Kier molecular flexibility index (Phi) is 6.45. The predicted molar refractivity (Wildman–Crippen MR) is 93.5 cm³/mol. The van der Waals surface area contributed by atoms with E-state index < -0.39 is 0 Å². The third kappa shape index (κ3) is 4.19. The van der Waals surface area contributed by atoms with E-state index in [1.807, 2.05) is 4.90 Å². The first-order valence-corrected chi connectivity index (χ1v) is 8.23. The van der Waals surface area contributed by atoms with Gasteiger partial charge in [-0.05, 0) is 31.5 Å². The monoisotopic (exact) mass is 353 g/mol. The fraction of sp³-hybridized carbons (Fsp3) is 0.529. The molecule has 2 fully saturated rings. The summed E-state index contributed by atoms with van der Waals surface area (Å²) < 4.78 is 0. The lowest BCUT2D eigenvalue weighted by atomic mass is 10.1. The largest absolute Gasteiger partial charge is 0.507 e. The summed E-state index contributed by atoms with van der Waals surface area (Å²) in [5.41, 5.74) is 0.322. The molecule has 0 spiro atoms. The first kappa shape index (κ1) is 18.5. The van der Waals surface area contributed by atoms with Gasteiger partial charge in [0.05, 0.1) is 5.56 Å². The van der Waals surface area contributed by atoms with Gasteiger partial charge in [-0.2, -0.15) is 0 Å². The van der Waals surface area contributed by atoms with E-state index in [0.717, 1.165) is 19.4 Å². The van der Waals surface area contributed by atoms with E-state index in [4.69, 9.17) is 0 Å². The van der Waals surface area contributed by atoms with Crippen molar-refractivity contribution in [2.75, 3.05) is 32.7 Å². The second-order valence-electron chi connectivity index (χ2n) is 6.19. The Balaban J connectivity index is 0.00000208. The average molecular weight is 354 g/mol. The van der Waals surface area contributed by atoms with Gasteiger partial charge in [-0.1, -0.05) is 12.1 Å². The van der Waals surface area contributed by atoms with Crippen LogP contribution in [0.5, 0.6) is 5.75 Å². The van der Waals surface area contributed by atoms with E-state index in [2.05, 4.69) is 5.32 Å². The van der Waals surface area contributed by atoms with Crippen LogP contribution in [-0.4, -0.2) is 65.5 Å². The lowest BCUT2D eigenvalue weighted by Gasteiger charge is -2.35. The molecule has 0 aromatic heterocycles. The van der Waals surface area contributed by atoms with Gasteiger partial charge in [0, 0.05) is 38.6 Å². The normalized spacial score (nSPS) is 20.6. The fourth-order valence-corrected chi connectivity index (χ4v) is 3.25. The molecule has 1 unspecified atom stereocenters. The Morgan fingerprint density at radius 3 is 2.42 bits per heavy atom. The van der Waals surface area contributed by atoms with Crippen LogP contribution in [0.15, 0.2) is 24.3 Å². The minimum atomic E-state index is -0.173. The first-order chi connectivity index (χ1) is 11.1. The van der Waals surface area contributed by atoms with Crippen LogP contribution in [0.4, 0.5) is 0 Å². The van der Waals surface area contributed by atoms with Crippen molar-refractivity contribution in [1.82, 2.24) is 15.1 Å². The zero-order valence-corrected chi connectivity index (χ0v) is 14.4. The number of nitrogens with one attached hydrogen (secondary N) is 1. The predicted octanol–water partition coefficient (Wildman–Crippen LogP) is 1.24. The van der Waals surface area contributed by atoms with Crippen molar-refractivity contribution in [2.24, 2.45) is 0 Å². The van der Waals surface area contributed by atoms with Crippen LogP contribution in [0.1, 0.15) is 29.6 Å². The van der Waals surface area contributed by atoms with Crippen molar-refractivity contribution in [1.29, 1.82) is 0 Å². The number of amides is 2. The third-order valence-corrected chi connectivity index (χ3v) is 4.64. The number of phenols is 1. The molecule has 1 aromatic rings. The molecule has 0 bridgehead atoms. The number of rotatable bonds is 3. The molecule has 1 aromatic carbocycles. The number of benzene rings is 1. The van der Waals surface area contributed by atoms with Crippen molar-refractivity contribution in [3.63, 3.8) is 0 Å². The number of carbonyl (C=O) groups excluding carboxylic acids is 2. The van der Waals surface area contributed by atoms with Gasteiger partial charge in [-0.15, -0.1) is 12.4 Å². The minimum absolute atomic E-state index is 0. The van der Waals surface area contributed by atoms with Gasteiger partial charge < -0.3 is 20.2 Å². The lowest BCUT2D eigenvalue weighted by molar-refractivity contribution is -0.133. The second-order valence-corrected chi connectivity index (χ2v) is 6.19. The van der Waals surface area contributed by atoms with E-state index in [0.29, 0.717) is 44.2 Å². The Bertz CT molecular complexity index is 582. The van der Waals surface area contributed by atoms with Gasteiger partial charge in [0.1, 0.15) is 5.75 Å². The molecule has 2 aliphatic rings. The summed E-state index contributed by atoms with van der Waals surface area (Å²) in [6.45, 7) is 3.14. The maximum absolute atomic E-state index is 12.4. The molecule has 0 radical (unpaired) electrons. The van der Waals surface area contributed by atoms with Gasteiger partial charge in [-0.25, -0.2) is 0 Å². The highest BCUT2D eigenvalue weighted by atomic mass is 35.5. The van der Waals surface area contributed by atoms with Gasteiger partial charge in [-0.3, -0.25) is 9.59 Å². The van der Waals surface area contributed by atoms with E-state index in [1.54, 1.807) is 23.1 Å². The van der Waals surface area contributed by atoms with Crippen LogP contribution >= 0.6 is 12.4 Å². The van der Waals surface area contributed by atoms with Gasteiger partial charge in [0.15, 0.2) is 0 Å². The number of hydrogen-bond donors (Lipinski definition) is 2. The maximum atomic E-state index is 12.4. The van der Waals surface area contributed by atoms with Gasteiger partial charge in [0.2, 0.25) is 5.91 Å². The summed E-state index contributed by atoms with van der Waals surface area (Å²) in [6, 6.07) is 6.88. The van der Waals surface area contributed by atoms with Crippen LogP contribution in [0.2, 0.25) is 0 Å². The number of carbonyl (C=O) groups is 2. The average Bonchev–Trinajstić information content (AvgIpc) is 3.08. The number of piperazine rings is 1. The first-order valence-electron chi connectivity index (χ1n) is 8.23. The number of para-hydroxylation sites is 1. The molecule has 0 aliphatic carbocycles. The molecule has 132 valence electrons. The van der Waals surface area contributed by atoms with E-state index in [9.17, 15) is 14.7 Å². The minimum Gasteiger partial charge on any atom is -0.507 e. The highest BCUT2D eigenvalue weighted by Crippen LogP contribution is 2.19. The number of phenolic OH excluding ortho intramolecular Hbond substituents is 1. The molecule has 24 heavy (non-hydrogen) atoms. The topological polar surface area (TPSA) is 72.9 Å². The summed E-state index contributed by atoms with van der Waals surface area (Å²) in [5, 5.41) is 13.1. The molecular formula is C17H24ClN3O3. The number of nitrogens with zero attached hydrogens (tertiary/aromatic N) is 2. The molecule has 2 heterocycles. The summed E-state index contributed by atoms with van der Waals surface area (Å²) in [7, 11) is 0. The van der Waals surface area contributed by atoms with Gasteiger partial charge in [0.25, 0.3) is 5.91 Å². The number of aromatic hydroxyl groups is 1. The standard InChI is InChI=1S/C17H23N3O3.ClH/c21-15-6-2-1-5-14(15)17(23)20-10-8-19(9-11-20)16(22)12-13-4-3-7-18-13;/h1-2,5-6,13,18,21H,3-4,7-12H2;1H. The number of hydrogen-bond acceptors (Lipinski definition) is 4. The summed E-state index contributed by atoms with van der Waals surface area (Å²) >= 11 is 0. The molecule has 2 saturated heterocycles. The Morgan fingerprint density at radius 1 is 1.12 bits per heavy atom. The molecule has 0 saturated carbocycles. The summed E-state index contributed by atoms with van der Waals surface area (Å²) in [4.78, 5) is 28.3. The fourth-order valence-electron chi connectivity index (χ4n) is 3.25. The van der Waals surface area contributed by atoms with Crippen molar-refractivity contribution in [3.8, 4) is 5.75 Å². The van der Waals surface area contributed by atoms with E-state index >= 15 is 0 Å². The summed E-state index contributed by atoms with van der Waals surface area (Å²) in [6.07, 6.45) is 2.76. The molecule has 2 N–H and O–H groups in total. The quantitative estimate of drug-likeness (QED) is 0.857. The molecule has 2 amide bonds. The van der Waals surface area contributed by atoms with Crippen molar-refractivity contribution in [3.05, 3.63) is 29.8 Å². The molecule has 7 heteroatoms. The molecule has 6 nitrogen and oxygen atoms in total. The van der Waals surface area contributed by atoms with Crippen molar-refractivity contribution < 1.29 is 14.7 Å². The molecular weight excluding hydrogens is 330 g/mol. The van der Waals surface area contributed by atoms with Crippen LogP contribution < -0.4 is 5.32 Å². The van der Waals surface area contributed by atoms with Crippen LogP contribution in [-0.2, 0) is 4.79 Å². The van der Waals surface area contributed by atoms with Crippen LogP contribution in [0.3, 0.4) is 0 Å². The lowest BCUT2D eigenvalue weighted by Crippen LogP contribution is -2.51. The highest BCUT2D eigenvalue weighted by molar-refractivity contribution is 5.97. The van der Waals surface area contributed by atoms with E-state index in [-0.39, 0.29) is 30.0 Å². The Hall–Kier alpha value is -1.79. The maximum Gasteiger partial charge on any atom is 0.257 e. The van der Waals surface area contributed by atoms with E-state index in [1.165, 1.54) is 6.07 Å². The third-order valence-electron chi connectivity index (χ3n) is 4.64. The molecule has 1 atom stereocenters. The van der Waals surface area contributed by atoms with Crippen LogP contribution in [0.25, 0.3) is 0 Å². The Morgan fingerprint density at radius 2 is 1.79 bits per heavy atom. The summed E-state index contributed by atoms with van der Waals surface area (Å²) in [5.74, 6) is -0.00460. The SMILES string of the molecule is Cl.O=C(CC1CCCN1)N1CCN(C(=O)c2ccccc2O)CC1. The van der Waals surface area contributed by atoms with Gasteiger partial charge >= 0.3 is 0 Å². The highest BCUT2D eigenvalue weighted by Gasteiger charge is 2.27. The zero-order valence-electron chi connectivity index (χ0n) is 13.6. The molecule has 2 aliphatic heterocycles. The zero-order chi connectivity index (χ0) is 16.2. The molecule has 3 rings (SSSR count). The van der Waals surface area contributed by atoms with Crippen molar-refractivity contribution >= 4 is 24.2 Å². The number of halogens is 1. The smallest absolute Gasteiger partial charge is 0.257 e. The Labute approximate surface area is 148 Å². The van der Waals surface area contributed by atoms with Crippen LogP contribution in [0, 0.1) is 0 Å². The van der Waals surface area contributed by atoms with Crippen molar-refractivity contribution in [2.45, 2.75) is 25.3 Å².